The highest BCUT2D eigenvalue weighted by Gasteiger charge is 2.37. The van der Waals surface area contributed by atoms with Gasteiger partial charge in [0.15, 0.2) is 6.39 Å². The fourth-order valence-corrected chi connectivity index (χ4v) is 7.05. The second-order valence-electron chi connectivity index (χ2n) is 15.6. The Kier molecular flexibility index (Phi) is 11.2. The Morgan fingerprint density at radius 3 is 2.47 bits per heavy atom. The molecule has 2 atom stereocenters. The number of aliphatic hydroxyl groups is 1. The van der Waals surface area contributed by atoms with Gasteiger partial charge in [-0.2, -0.15) is 0 Å². The molecular formula is C39H55N7O5. The molecule has 1 saturated heterocycles. The van der Waals surface area contributed by atoms with Crippen molar-refractivity contribution in [2.24, 2.45) is 0 Å². The summed E-state index contributed by atoms with van der Waals surface area (Å²) in [5, 5.41) is 18.1. The Morgan fingerprint density at radius 1 is 1.06 bits per heavy atom. The minimum absolute atomic E-state index is 0.0249. The number of pyridine rings is 1. The molecule has 1 saturated carbocycles. The molecule has 0 spiro atoms. The lowest BCUT2D eigenvalue weighted by molar-refractivity contribution is -0.0113. The van der Waals surface area contributed by atoms with Crippen LogP contribution in [-0.4, -0.2) is 99.4 Å². The summed E-state index contributed by atoms with van der Waals surface area (Å²) in [5.74, 6) is 2.06. The van der Waals surface area contributed by atoms with E-state index in [2.05, 4.69) is 57.5 Å². The average Bonchev–Trinajstić information content (AvgIpc) is 3.50. The fraction of sp³-hybridized carbons (Fsp3) is 0.590. The quantitative estimate of drug-likeness (QED) is 0.248. The topological polar surface area (TPSA) is 136 Å². The summed E-state index contributed by atoms with van der Waals surface area (Å²) in [4.78, 5) is 42.7. The van der Waals surface area contributed by atoms with Crippen molar-refractivity contribution in [3.8, 4) is 0 Å². The summed E-state index contributed by atoms with van der Waals surface area (Å²) in [6.45, 7) is 15.7. The van der Waals surface area contributed by atoms with Gasteiger partial charge in [0, 0.05) is 63.3 Å². The Bertz CT molecular complexity index is 1670. The highest BCUT2D eigenvalue weighted by Crippen LogP contribution is 2.29. The lowest BCUT2D eigenvalue weighted by Crippen LogP contribution is -2.54. The monoisotopic (exact) mass is 701 g/mol. The minimum atomic E-state index is -1.03. The van der Waals surface area contributed by atoms with Crippen molar-refractivity contribution in [3.63, 3.8) is 0 Å². The number of aryl methyl sites for hydroxylation is 3. The number of carbonyl (C=O) groups excluding carboxylic acids is 2. The lowest BCUT2D eigenvalue weighted by atomic mass is 9.89. The summed E-state index contributed by atoms with van der Waals surface area (Å²) in [6, 6.07) is 10.2. The van der Waals surface area contributed by atoms with Gasteiger partial charge in [0.05, 0.1) is 17.8 Å². The molecule has 0 unspecified atom stereocenters. The number of piperazine rings is 1. The molecule has 1 aromatic carbocycles. The number of amides is 2. The van der Waals surface area contributed by atoms with Crippen LogP contribution in [0.3, 0.4) is 0 Å². The van der Waals surface area contributed by atoms with Crippen molar-refractivity contribution in [1.82, 2.24) is 25.1 Å². The molecule has 0 radical (unpaired) electrons. The van der Waals surface area contributed by atoms with E-state index < -0.39 is 23.8 Å². The van der Waals surface area contributed by atoms with Crippen LogP contribution in [0.4, 0.5) is 16.4 Å². The molecule has 2 aromatic heterocycles. The van der Waals surface area contributed by atoms with E-state index in [1.165, 1.54) is 12.8 Å². The minimum Gasteiger partial charge on any atom is -0.448 e. The van der Waals surface area contributed by atoms with Gasteiger partial charge in [-0.1, -0.05) is 18.2 Å². The van der Waals surface area contributed by atoms with Crippen LogP contribution in [-0.2, 0) is 30.5 Å². The van der Waals surface area contributed by atoms with E-state index in [1.807, 2.05) is 33.8 Å². The van der Waals surface area contributed by atoms with E-state index in [9.17, 15) is 14.7 Å². The number of benzene rings is 1. The number of hydrogen-bond acceptors (Lipinski definition) is 10. The molecule has 51 heavy (non-hydrogen) atoms. The lowest BCUT2D eigenvalue weighted by Gasteiger charge is -2.40. The second-order valence-corrected chi connectivity index (χ2v) is 15.6. The fourth-order valence-electron chi connectivity index (χ4n) is 7.05. The standard InChI is InChI=1S/C39H55N7O5/c1-25(2)44-14-16-45(17-15-44)36-21-29(20-35(43-36)42-31-8-7-9-31)37(48)40-22-33(47)32-19-28-12-10-27(11-13-34-26(3)41-24-50-34)18-30(28)23-46(32)38(49)51-39(4,5)6/h10,12,18,20-21,24-25,31-33,47H,7-9,11,13-17,19,22-23H2,1-6H3,(H,40,48)(H,42,43)/t32-,33+/m0/s1. The molecule has 2 amide bonds. The maximum atomic E-state index is 13.7. The summed E-state index contributed by atoms with van der Waals surface area (Å²) in [7, 11) is 0. The first-order valence-electron chi connectivity index (χ1n) is 18.6. The van der Waals surface area contributed by atoms with Crippen LogP contribution in [0.25, 0.3) is 0 Å². The summed E-state index contributed by atoms with van der Waals surface area (Å²) >= 11 is 0. The largest absolute Gasteiger partial charge is 0.448 e. The first-order chi connectivity index (χ1) is 24.3. The zero-order valence-corrected chi connectivity index (χ0v) is 31.1. The van der Waals surface area contributed by atoms with E-state index >= 15 is 0 Å². The molecule has 6 rings (SSSR count). The molecule has 4 heterocycles. The molecule has 276 valence electrons. The maximum Gasteiger partial charge on any atom is 0.410 e. The van der Waals surface area contributed by atoms with Gasteiger partial charge in [-0.3, -0.25) is 14.6 Å². The summed E-state index contributed by atoms with van der Waals surface area (Å²) in [6.07, 6.45) is 5.27. The SMILES string of the molecule is Cc1ncoc1CCc1ccc2c(c1)CN(C(=O)OC(C)(C)C)[C@H]([C@H](O)CNC(=O)c1cc(NC3CCC3)nc(N3CCN(C(C)C)CC3)c1)C2. The molecule has 3 aromatic rings. The first-order valence-corrected chi connectivity index (χ1v) is 18.6. The highest BCUT2D eigenvalue weighted by molar-refractivity contribution is 5.95. The number of anilines is 2. The Hall–Kier alpha value is -4.16. The number of aromatic nitrogens is 2. The molecular weight excluding hydrogens is 646 g/mol. The van der Waals surface area contributed by atoms with E-state index in [1.54, 1.807) is 11.0 Å². The third-order valence-electron chi connectivity index (χ3n) is 10.4. The van der Waals surface area contributed by atoms with Gasteiger partial charge in [0.25, 0.3) is 5.91 Å². The third kappa shape index (κ3) is 9.20. The number of nitrogens with zero attached hydrogens (tertiary/aromatic N) is 5. The third-order valence-corrected chi connectivity index (χ3v) is 10.4. The Morgan fingerprint density at radius 2 is 1.82 bits per heavy atom. The second kappa shape index (κ2) is 15.6. The van der Waals surface area contributed by atoms with Crippen LogP contribution >= 0.6 is 0 Å². The van der Waals surface area contributed by atoms with Crippen molar-refractivity contribution >= 4 is 23.6 Å². The average molecular weight is 702 g/mol. The smallest absolute Gasteiger partial charge is 0.410 e. The van der Waals surface area contributed by atoms with Crippen LogP contribution in [0.15, 0.2) is 41.1 Å². The van der Waals surface area contributed by atoms with Gasteiger partial charge in [0.1, 0.15) is 23.0 Å². The Labute approximate surface area is 301 Å². The van der Waals surface area contributed by atoms with Crippen LogP contribution in [0, 0.1) is 6.92 Å². The van der Waals surface area contributed by atoms with Gasteiger partial charge in [-0.25, -0.2) is 14.8 Å². The summed E-state index contributed by atoms with van der Waals surface area (Å²) in [5.41, 5.74) is 3.89. The van der Waals surface area contributed by atoms with E-state index in [0.29, 0.717) is 36.4 Å². The molecule has 2 aliphatic heterocycles. The van der Waals surface area contributed by atoms with Crippen molar-refractivity contribution in [3.05, 3.63) is 70.4 Å². The van der Waals surface area contributed by atoms with Crippen molar-refractivity contribution in [2.45, 2.75) is 116 Å². The van der Waals surface area contributed by atoms with Crippen molar-refractivity contribution in [2.75, 3.05) is 42.9 Å². The van der Waals surface area contributed by atoms with Crippen LogP contribution in [0.1, 0.15) is 92.4 Å². The van der Waals surface area contributed by atoms with E-state index in [4.69, 9.17) is 14.1 Å². The number of aliphatic hydroxyl groups excluding tert-OH is 1. The number of oxazole rings is 1. The predicted octanol–water partition coefficient (Wildman–Crippen LogP) is 5.11. The zero-order chi connectivity index (χ0) is 36.3. The number of nitrogens with one attached hydrogen (secondary N) is 2. The zero-order valence-electron chi connectivity index (χ0n) is 31.1. The van der Waals surface area contributed by atoms with Crippen LogP contribution in [0.2, 0.25) is 0 Å². The van der Waals surface area contributed by atoms with Gasteiger partial charge in [-0.15, -0.1) is 0 Å². The predicted molar refractivity (Wildman–Crippen MR) is 197 cm³/mol. The molecule has 12 nitrogen and oxygen atoms in total. The normalized spacial score (nSPS) is 19.0. The number of ether oxygens (including phenoxy) is 1. The maximum absolute atomic E-state index is 13.7. The van der Waals surface area contributed by atoms with Crippen LogP contribution < -0.4 is 15.5 Å². The number of carbonyl (C=O) groups is 2. The van der Waals surface area contributed by atoms with Crippen LogP contribution in [0.5, 0.6) is 0 Å². The number of rotatable bonds is 11. The molecule has 12 heteroatoms. The number of fused-ring (bicyclic) bond motifs is 1. The van der Waals surface area contributed by atoms with Gasteiger partial charge < -0.3 is 29.8 Å². The van der Waals surface area contributed by atoms with Crippen molar-refractivity contribution < 1.29 is 23.8 Å². The van der Waals surface area contributed by atoms with Crippen molar-refractivity contribution in [1.29, 1.82) is 0 Å². The molecule has 1 aliphatic carbocycles. The molecule has 3 aliphatic rings. The summed E-state index contributed by atoms with van der Waals surface area (Å²) < 4.78 is 11.3. The van der Waals surface area contributed by atoms with E-state index in [0.717, 1.165) is 85.8 Å². The Balaban J connectivity index is 1.16. The molecule has 0 bridgehead atoms. The van der Waals surface area contributed by atoms with Gasteiger partial charge >= 0.3 is 6.09 Å². The highest BCUT2D eigenvalue weighted by atomic mass is 16.6. The molecule has 2 fully saturated rings. The number of hydrogen-bond donors (Lipinski definition) is 3. The van der Waals surface area contributed by atoms with Gasteiger partial charge in [-0.05, 0) is 102 Å². The van der Waals surface area contributed by atoms with E-state index in [-0.39, 0.29) is 12.5 Å². The molecule has 3 N–H and O–H groups in total. The first kappa shape index (κ1) is 36.6. The van der Waals surface area contributed by atoms with Gasteiger partial charge in [0.2, 0.25) is 0 Å².